The standard InChI is InChI=1S/C18H17F3N2O2S/c1-2-22-17(25)23-16(24)15(12-7-4-3-5-8-12)26-14-10-6-9-13(11-14)18(19,20)21/h3-11,15H,2H2,1H3,(H2,22,23,24,25)/t15-/m1/s1. The van der Waals surface area contributed by atoms with Gasteiger partial charge in [-0.3, -0.25) is 10.1 Å². The van der Waals surface area contributed by atoms with Crippen molar-refractivity contribution in [2.45, 2.75) is 23.2 Å². The van der Waals surface area contributed by atoms with Gasteiger partial charge in [-0.05, 0) is 30.7 Å². The van der Waals surface area contributed by atoms with E-state index >= 15 is 0 Å². The quantitative estimate of drug-likeness (QED) is 0.755. The Bertz CT molecular complexity index is 767. The maximum atomic E-state index is 12.9. The molecule has 0 unspecified atom stereocenters. The molecule has 2 aromatic carbocycles. The van der Waals surface area contributed by atoms with Gasteiger partial charge in [0.05, 0.1) is 5.56 Å². The average molecular weight is 382 g/mol. The Morgan fingerprint density at radius 3 is 2.38 bits per heavy atom. The second-order valence-electron chi connectivity index (χ2n) is 5.28. The Labute approximate surface area is 153 Å². The van der Waals surface area contributed by atoms with Gasteiger partial charge in [-0.1, -0.05) is 36.4 Å². The van der Waals surface area contributed by atoms with Gasteiger partial charge in [-0.15, -0.1) is 11.8 Å². The number of thioether (sulfide) groups is 1. The van der Waals surface area contributed by atoms with Crippen LogP contribution in [0.2, 0.25) is 0 Å². The summed E-state index contributed by atoms with van der Waals surface area (Å²) in [4.78, 5) is 24.4. The molecule has 0 aliphatic carbocycles. The number of urea groups is 1. The molecule has 0 aromatic heterocycles. The van der Waals surface area contributed by atoms with E-state index < -0.39 is 28.9 Å². The SMILES string of the molecule is CCNC(=O)NC(=O)[C@H](Sc1cccc(C(F)(F)F)c1)c1ccccc1. The van der Waals surface area contributed by atoms with Gasteiger partial charge >= 0.3 is 12.2 Å². The van der Waals surface area contributed by atoms with E-state index in [1.54, 1.807) is 37.3 Å². The summed E-state index contributed by atoms with van der Waals surface area (Å²) >= 11 is 0.948. The van der Waals surface area contributed by atoms with E-state index in [4.69, 9.17) is 0 Å². The lowest BCUT2D eigenvalue weighted by Gasteiger charge is -2.17. The van der Waals surface area contributed by atoms with Crippen LogP contribution < -0.4 is 10.6 Å². The molecule has 0 heterocycles. The van der Waals surface area contributed by atoms with Gasteiger partial charge in [0.15, 0.2) is 0 Å². The van der Waals surface area contributed by atoms with Gasteiger partial charge in [0.2, 0.25) is 5.91 Å². The number of rotatable bonds is 5. The fourth-order valence-electron chi connectivity index (χ4n) is 2.16. The van der Waals surface area contributed by atoms with Crippen molar-refractivity contribution < 1.29 is 22.8 Å². The topological polar surface area (TPSA) is 58.2 Å². The Balaban J connectivity index is 2.28. The van der Waals surface area contributed by atoms with Crippen molar-refractivity contribution in [1.82, 2.24) is 10.6 Å². The number of alkyl halides is 3. The number of amides is 3. The van der Waals surface area contributed by atoms with E-state index in [2.05, 4.69) is 10.6 Å². The van der Waals surface area contributed by atoms with Crippen LogP contribution in [0.1, 0.15) is 23.3 Å². The van der Waals surface area contributed by atoms with Crippen LogP contribution in [-0.4, -0.2) is 18.5 Å². The number of hydrogen-bond donors (Lipinski definition) is 2. The second kappa shape index (κ2) is 8.75. The zero-order valence-corrected chi connectivity index (χ0v) is 14.7. The van der Waals surface area contributed by atoms with E-state index in [1.165, 1.54) is 12.1 Å². The Morgan fingerprint density at radius 2 is 1.77 bits per heavy atom. The van der Waals surface area contributed by atoms with Crippen molar-refractivity contribution >= 4 is 23.7 Å². The van der Waals surface area contributed by atoms with Crippen molar-refractivity contribution in [3.63, 3.8) is 0 Å². The molecule has 2 aromatic rings. The van der Waals surface area contributed by atoms with Gasteiger partial charge < -0.3 is 5.32 Å². The van der Waals surface area contributed by atoms with Crippen LogP contribution >= 0.6 is 11.8 Å². The minimum absolute atomic E-state index is 0.278. The minimum Gasteiger partial charge on any atom is -0.338 e. The summed E-state index contributed by atoms with van der Waals surface area (Å²) in [5.74, 6) is -0.607. The highest BCUT2D eigenvalue weighted by Gasteiger charge is 2.31. The Kier molecular flexibility index (Phi) is 6.68. The van der Waals surface area contributed by atoms with Crippen LogP contribution in [0, 0.1) is 0 Å². The molecule has 1 atom stereocenters. The Morgan fingerprint density at radius 1 is 1.08 bits per heavy atom. The first kappa shape index (κ1) is 19.8. The molecule has 8 heteroatoms. The molecule has 26 heavy (non-hydrogen) atoms. The maximum Gasteiger partial charge on any atom is 0.416 e. The van der Waals surface area contributed by atoms with E-state index in [0.29, 0.717) is 12.1 Å². The third-order valence-electron chi connectivity index (χ3n) is 3.33. The molecule has 4 nitrogen and oxygen atoms in total. The molecule has 0 saturated heterocycles. The number of carbonyl (C=O) groups is 2. The van der Waals surface area contributed by atoms with E-state index in [0.717, 1.165) is 23.9 Å². The molecule has 0 aliphatic heterocycles. The van der Waals surface area contributed by atoms with Crippen molar-refractivity contribution in [2.75, 3.05) is 6.54 Å². The number of imide groups is 1. The summed E-state index contributed by atoms with van der Waals surface area (Å²) < 4.78 is 38.7. The molecule has 2 N–H and O–H groups in total. The Hall–Kier alpha value is -2.48. The fourth-order valence-corrected chi connectivity index (χ4v) is 3.25. The van der Waals surface area contributed by atoms with Crippen LogP contribution in [0.25, 0.3) is 0 Å². The normalized spacial score (nSPS) is 12.3. The molecular formula is C18H17F3N2O2S. The molecule has 138 valence electrons. The first-order valence-electron chi connectivity index (χ1n) is 7.79. The molecule has 0 saturated carbocycles. The zero-order valence-electron chi connectivity index (χ0n) is 13.8. The molecule has 0 aliphatic rings. The van der Waals surface area contributed by atoms with Crippen molar-refractivity contribution in [3.05, 3.63) is 65.7 Å². The average Bonchev–Trinajstić information content (AvgIpc) is 2.60. The summed E-state index contributed by atoms with van der Waals surface area (Å²) in [6.45, 7) is 2.05. The van der Waals surface area contributed by atoms with Crippen molar-refractivity contribution in [2.24, 2.45) is 0 Å². The molecule has 3 amide bonds. The van der Waals surface area contributed by atoms with E-state index in [9.17, 15) is 22.8 Å². The summed E-state index contributed by atoms with van der Waals surface area (Å²) in [6, 6.07) is 12.6. The van der Waals surface area contributed by atoms with Gasteiger partial charge in [0, 0.05) is 11.4 Å². The summed E-state index contributed by atoms with van der Waals surface area (Å²) in [7, 11) is 0. The van der Waals surface area contributed by atoms with Crippen LogP contribution in [0.3, 0.4) is 0 Å². The van der Waals surface area contributed by atoms with Gasteiger partial charge in [-0.2, -0.15) is 13.2 Å². The lowest BCUT2D eigenvalue weighted by molar-refractivity contribution is -0.137. The molecule has 2 rings (SSSR count). The smallest absolute Gasteiger partial charge is 0.338 e. The molecule has 0 bridgehead atoms. The molecule has 0 radical (unpaired) electrons. The number of carbonyl (C=O) groups excluding carboxylic acids is 2. The number of nitrogens with one attached hydrogen (secondary N) is 2. The number of hydrogen-bond acceptors (Lipinski definition) is 3. The number of benzene rings is 2. The highest BCUT2D eigenvalue weighted by Crippen LogP contribution is 2.38. The monoisotopic (exact) mass is 382 g/mol. The lowest BCUT2D eigenvalue weighted by atomic mass is 10.1. The van der Waals surface area contributed by atoms with E-state index in [1.807, 2.05) is 0 Å². The highest BCUT2D eigenvalue weighted by molar-refractivity contribution is 8.00. The second-order valence-corrected chi connectivity index (χ2v) is 6.46. The van der Waals surface area contributed by atoms with Gasteiger partial charge in [-0.25, -0.2) is 4.79 Å². The minimum atomic E-state index is -4.47. The third kappa shape index (κ3) is 5.52. The van der Waals surface area contributed by atoms with Crippen molar-refractivity contribution in [1.29, 1.82) is 0 Å². The van der Waals surface area contributed by atoms with Gasteiger partial charge in [0.1, 0.15) is 5.25 Å². The van der Waals surface area contributed by atoms with E-state index in [-0.39, 0.29) is 4.90 Å². The largest absolute Gasteiger partial charge is 0.416 e. The van der Waals surface area contributed by atoms with Gasteiger partial charge in [0.25, 0.3) is 0 Å². The highest BCUT2D eigenvalue weighted by atomic mass is 32.2. The lowest BCUT2D eigenvalue weighted by Crippen LogP contribution is -2.41. The van der Waals surface area contributed by atoms with Crippen LogP contribution in [-0.2, 0) is 11.0 Å². The number of halogens is 3. The molecule has 0 fully saturated rings. The predicted octanol–water partition coefficient (Wildman–Crippen LogP) is 4.38. The first-order valence-corrected chi connectivity index (χ1v) is 8.66. The maximum absolute atomic E-state index is 12.9. The molecule has 0 spiro atoms. The third-order valence-corrected chi connectivity index (χ3v) is 4.58. The summed E-state index contributed by atoms with van der Waals surface area (Å²) in [6.07, 6.45) is -4.47. The zero-order chi connectivity index (χ0) is 19.2. The fraction of sp³-hybridized carbons (Fsp3) is 0.222. The van der Waals surface area contributed by atoms with Crippen LogP contribution in [0.5, 0.6) is 0 Å². The van der Waals surface area contributed by atoms with Crippen LogP contribution in [0.15, 0.2) is 59.5 Å². The molecular weight excluding hydrogens is 365 g/mol. The summed E-state index contributed by atoms with van der Waals surface area (Å²) in [5, 5.41) is 3.79. The van der Waals surface area contributed by atoms with Crippen LogP contribution in [0.4, 0.5) is 18.0 Å². The summed E-state index contributed by atoms with van der Waals surface area (Å²) in [5.41, 5.74) is -0.213. The van der Waals surface area contributed by atoms with Crippen molar-refractivity contribution in [3.8, 4) is 0 Å². The predicted molar refractivity (Wildman–Crippen MR) is 93.7 cm³/mol. The first-order chi connectivity index (χ1) is 12.3.